The Morgan fingerprint density at radius 2 is 1.95 bits per heavy atom. The molecule has 2 aromatic rings. The Morgan fingerprint density at radius 3 is 2.60 bits per heavy atom. The molecule has 0 aliphatic carbocycles. The second-order valence-corrected chi connectivity index (χ2v) is 5.88. The summed E-state index contributed by atoms with van der Waals surface area (Å²) in [7, 11) is 0. The lowest BCUT2D eigenvalue weighted by Gasteiger charge is -2.14. The number of nitrogens with zero attached hydrogens (tertiary/aromatic N) is 2. The number of aromatic nitrogens is 1. The normalized spacial score (nSPS) is 15.6. The Kier molecular flexibility index (Phi) is 4.18. The largest absolute Gasteiger partial charge is 0.492 e. The third-order valence-corrected chi connectivity index (χ3v) is 4.22. The van der Waals surface area contributed by atoms with Crippen LogP contribution in [0.3, 0.4) is 0 Å². The van der Waals surface area contributed by atoms with E-state index >= 15 is 0 Å². The highest BCUT2D eigenvalue weighted by molar-refractivity contribution is 7.13. The molecule has 4 nitrogen and oxygen atoms in total. The van der Waals surface area contributed by atoms with Crippen LogP contribution in [0.1, 0.15) is 12.8 Å². The summed E-state index contributed by atoms with van der Waals surface area (Å²) in [5, 5.41) is 2.57. The van der Waals surface area contributed by atoms with E-state index in [-0.39, 0.29) is 0 Å². The molecule has 1 aliphatic rings. The number of nitrogens with two attached hydrogens (primary N) is 1. The molecule has 0 unspecified atom stereocenters. The van der Waals surface area contributed by atoms with Crippen molar-refractivity contribution < 1.29 is 4.74 Å². The van der Waals surface area contributed by atoms with Gasteiger partial charge < -0.3 is 10.5 Å². The summed E-state index contributed by atoms with van der Waals surface area (Å²) < 4.78 is 5.78. The zero-order valence-electron chi connectivity index (χ0n) is 11.4. The average molecular weight is 289 g/mol. The van der Waals surface area contributed by atoms with Crippen LogP contribution in [0.2, 0.25) is 0 Å². The molecular weight excluding hydrogens is 270 g/mol. The molecule has 1 saturated heterocycles. The van der Waals surface area contributed by atoms with E-state index in [1.165, 1.54) is 37.3 Å². The molecule has 0 bridgehead atoms. The Morgan fingerprint density at radius 1 is 1.20 bits per heavy atom. The maximum atomic E-state index is 5.78. The van der Waals surface area contributed by atoms with Crippen LogP contribution in [0.15, 0.2) is 29.6 Å². The van der Waals surface area contributed by atoms with Gasteiger partial charge in [0.1, 0.15) is 12.4 Å². The van der Waals surface area contributed by atoms with E-state index in [2.05, 4.69) is 9.88 Å². The first-order valence-corrected chi connectivity index (χ1v) is 7.86. The summed E-state index contributed by atoms with van der Waals surface area (Å²) in [5.74, 6) is 0.913. The topological polar surface area (TPSA) is 51.4 Å². The number of benzene rings is 1. The van der Waals surface area contributed by atoms with Crippen LogP contribution in [-0.2, 0) is 0 Å². The summed E-state index contributed by atoms with van der Waals surface area (Å²) in [6, 6.07) is 8.04. The number of likely N-dealkylation sites (tertiary alicyclic amines) is 1. The molecule has 1 aromatic heterocycles. The van der Waals surface area contributed by atoms with E-state index < -0.39 is 0 Å². The van der Waals surface area contributed by atoms with Crippen LogP contribution in [0, 0.1) is 0 Å². The van der Waals surface area contributed by atoms with E-state index in [4.69, 9.17) is 10.5 Å². The van der Waals surface area contributed by atoms with E-state index in [1.807, 2.05) is 29.6 Å². The highest BCUT2D eigenvalue weighted by Gasteiger charge is 2.10. The number of rotatable bonds is 5. The van der Waals surface area contributed by atoms with Gasteiger partial charge in [-0.1, -0.05) is 0 Å². The third-order valence-electron chi connectivity index (χ3n) is 3.55. The van der Waals surface area contributed by atoms with Crippen molar-refractivity contribution >= 4 is 16.5 Å². The Bertz CT molecular complexity index is 547. The van der Waals surface area contributed by atoms with Gasteiger partial charge in [-0.05, 0) is 50.2 Å². The maximum Gasteiger partial charge on any atom is 0.180 e. The first kappa shape index (κ1) is 13.4. The molecule has 1 aliphatic heterocycles. The quantitative estimate of drug-likeness (QED) is 0.919. The SMILES string of the molecule is Nc1nc(-c2ccc(OCCN3CCCC3)cc2)cs1. The summed E-state index contributed by atoms with van der Waals surface area (Å²) in [6.07, 6.45) is 2.65. The minimum Gasteiger partial charge on any atom is -0.492 e. The van der Waals surface area contributed by atoms with Gasteiger partial charge in [0.15, 0.2) is 5.13 Å². The smallest absolute Gasteiger partial charge is 0.180 e. The molecule has 0 amide bonds. The van der Waals surface area contributed by atoms with Crippen molar-refractivity contribution in [1.29, 1.82) is 0 Å². The highest BCUT2D eigenvalue weighted by Crippen LogP contribution is 2.25. The molecule has 20 heavy (non-hydrogen) atoms. The van der Waals surface area contributed by atoms with Gasteiger partial charge in [0.05, 0.1) is 5.69 Å². The number of ether oxygens (including phenoxy) is 1. The zero-order chi connectivity index (χ0) is 13.8. The third kappa shape index (κ3) is 3.29. The zero-order valence-corrected chi connectivity index (χ0v) is 12.2. The van der Waals surface area contributed by atoms with Crippen LogP contribution in [0.4, 0.5) is 5.13 Å². The summed E-state index contributed by atoms with van der Waals surface area (Å²) in [5.41, 5.74) is 7.65. The van der Waals surface area contributed by atoms with E-state index in [1.54, 1.807) is 0 Å². The van der Waals surface area contributed by atoms with E-state index in [0.29, 0.717) is 5.13 Å². The van der Waals surface area contributed by atoms with Gasteiger partial charge in [-0.15, -0.1) is 11.3 Å². The van der Waals surface area contributed by atoms with Gasteiger partial charge in [-0.3, -0.25) is 4.90 Å². The molecule has 2 heterocycles. The second kappa shape index (κ2) is 6.24. The lowest BCUT2D eigenvalue weighted by atomic mass is 10.2. The molecule has 1 aromatic carbocycles. The molecule has 2 N–H and O–H groups in total. The van der Waals surface area contributed by atoms with Crippen molar-refractivity contribution in [2.45, 2.75) is 12.8 Å². The first-order chi connectivity index (χ1) is 9.81. The molecular formula is C15H19N3OS. The fraction of sp³-hybridized carbons (Fsp3) is 0.400. The minimum absolute atomic E-state index is 0.603. The van der Waals surface area contributed by atoms with E-state index in [9.17, 15) is 0 Å². The molecule has 0 radical (unpaired) electrons. The lowest BCUT2D eigenvalue weighted by molar-refractivity contribution is 0.238. The number of thiazole rings is 1. The molecule has 106 valence electrons. The molecule has 0 saturated carbocycles. The Labute approximate surface area is 123 Å². The van der Waals surface area contributed by atoms with Crippen molar-refractivity contribution in [3.05, 3.63) is 29.6 Å². The monoisotopic (exact) mass is 289 g/mol. The summed E-state index contributed by atoms with van der Waals surface area (Å²) >= 11 is 1.46. The van der Waals surface area contributed by atoms with Crippen LogP contribution in [-0.4, -0.2) is 36.1 Å². The Hall–Kier alpha value is -1.59. The Balaban J connectivity index is 1.53. The molecule has 3 rings (SSSR count). The summed E-state index contributed by atoms with van der Waals surface area (Å²) in [6.45, 7) is 4.20. The minimum atomic E-state index is 0.603. The van der Waals surface area contributed by atoms with Crippen LogP contribution in [0.5, 0.6) is 5.75 Å². The first-order valence-electron chi connectivity index (χ1n) is 6.98. The van der Waals surface area contributed by atoms with Gasteiger partial charge in [-0.2, -0.15) is 0 Å². The number of nitrogen functional groups attached to an aromatic ring is 1. The second-order valence-electron chi connectivity index (χ2n) is 4.99. The van der Waals surface area contributed by atoms with Crippen LogP contribution in [0.25, 0.3) is 11.3 Å². The number of hydrogen-bond donors (Lipinski definition) is 1. The fourth-order valence-electron chi connectivity index (χ4n) is 2.44. The van der Waals surface area contributed by atoms with Crippen molar-refractivity contribution in [1.82, 2.24) is 9.88 Å². The van der Waals surface area contributed by atoms with Crippen molar-refractivity contribution in [2.24, 2.45) is 0 Å². The number of anilines is 1. The van der Waals surface area contributed by atoms with Gasteiger partial charge >= 0.3 is 0 Å². The van der Waals surface area contributed by atoms with Gasteiger partial charge in [-0.25, -0.2) is 4.98 Å². The standard InChI is InChI=1S/C15H19N3OS/c16-15-17-14(11-20-15)12-3-5-13(6-4-12)19-10-9-18-7-1-2-8-18/h3-6,11H,1-2,7-10H2,(H2,16,17). The predicted octanol–water partition coefficient (Wildman–Crippen LogP) is 2.87. The van der Waals surface area contributed by atoms with Gasteiger partial charge in [0.2, 0.25) is 0 Å². The van der Waals surface area contributed by atoms with Crippen molar-refractivity contribution in [2.75, 3.05) is 32.0 Å². The molecule has 0 spiro atoms. The predicted molar refractivity (Wildman–Crippen MR) is 83.1 cm³/mol. The molecule has 5 heteroatoms. The highest BCUT2D eigenvalue weighted by atomic mass is 32.1. The van der Waals surface area contributed by atoms with Crippen LogP contribution < -0.4 is 10.5 Å². The average Bonchev–Trinajstić information content (AvgIpc) is 3.11. The maximum absolute atomic E-state index is 5.78. The fourth-order valence-corrected chi connectivity index (χ4v) is 3.01. The van der Waals surface area contributed by atoms with Crippen LogP contribution >= 0.6 is 11.3 Å². The molecule has 1 fully saturated rings. The van der Waals surface area contributed by atoms with E-state index in [0.717, 1.165) is 30.2 Å². The summed E-state index contributed by atoms with van der Waals surface area (Å²) in [4.78, 5) is 6.72. The van der Waals surface area contributed by atoms with Crippen molar-refractivity contribution in [3.63, 3.8) is 0 Å². The molecule has 0 atom stereocenters. The van der Waals surface area contributed by atoms with Crippen molar-refractivity contribution in [3.8, 4) is 17.0 Å². The lowest BCUT2D eigenvalue weighted by Crippen LogP contribution is -2.25. The van der Waals surface area contributed by atoms with Gasteiger partial charge in [0, 0.05) is 17.5 Å². The number of hydrogen-bond acceptors (Lipinski definition) is 5. The van der Waals surface area contributed by atoms with Gasteiger partial charge in [0.25, 0.3) is 0 Å².